The zero-order chi connectivity index (χ0) is 19.8. The molecule has 0 bridgehead atoms. The van der Waals surface area contributed by atoms with E-state index in [0.29, 0.717) is 12.3 Å². The van der Waals surface area contributed by atoms with Gasteiger partial charge in [0.15, 0.2) is 0 Å². The van der Waals surface area contributed by atoms with Crippen molar-refractivity contribution in [3.05, 3.63) is 47.8 Å². The first-order chi connectivity index (χ1) is 13.5. The van der Waals surface area contributed by atoms with Gasteiger partial charge in [-0.1, -0.05) is 0 Å². The predicted molar refractivity (Wildman–Crippen MR) is 112 cm³/mol. The second-order valence-corrected chi connectivity index (χ2v) is 7.24. The van der Waals surface area contributed by atoms with Crippen LogP contribution in [0.5, 0.6) is 5.75 Å². The van der Waals surface area contributed by atoms with Crippen LogP contribution in [0.2, 0.25) is 0 Å². The van der Waals surface area contributed by atoms with Gasteiger partial charge in [-0.25, -0.2) is 4.79 Å². The van der Waals surface area contributed by atoms with Gasteiger partial charge >= 0.3 is 6.09 Å². The molecule has 2 heterocycles. The Hall–Kier alpha value is -3.12. The van der Waals surface area contributed by atoms with Crippen LogP contribution in [-0.4, -0.2) is 48.1 Å². The molecule has 0 saturated heterocycles. The normalized spacial score (nSPS) is 11.4. The van der Waals surface area contributed by atoms with Crippen LogP contribution >= 0.6 is 0 Å². The minimum atomic E-state index is -0.344. The molecule has 2 aromatic carbocycles. The predicted octanol–water partition coefficient (Wildman–Crippen LogP) is 3.11. The van der Waals surface area contributed by atoms with Gasteiger partial charge in [0.1, 0.15) is 5.75 Å². The lowest BCUT2D eigenvalue weighted by Gasteiger charge is -2.15. The maximum absolute atomic E-state index is 12.3. The average Bonchev–Trinajstić information content (AvgIpc) is 3.09. The van der Waals surface area contributed by atoms with Crippen LogP contribution in [0.1, 0.15) is 11.1 Å². The number of hydrogen-bond donors (Lipinski definition) is 2. The number of amides is 1. The summed E-state index contributed by atoms with van der Waals surface area (Å²) in [5, 5.41) is 6.58. The van der Waals surface area contributed by atoms with Crippen molar-refractivity contribution in [2.75, 3.05) is 27.2 Å². The molecular formula is C22H25N4O2+. The number of quaternary nitrogens is 1. The molecular weight excluding hydrogens is 352 g/mol. The number of ether oxygens (including phenoxy) is 1. The molecule has 144 valence electrons. The fourth-order valence-corrected chi connectivity index (χ4v) is 3.79. The Kier molecular flexibility index (Phi) is 4.65. The number of benzene rings is 2. The van der Waals surface area contributed by atoms with Crippen LogP contribution in [0.25, 0.3) is 32.6 Å². The smallest absolute Gasteiger partial charge is 0.410 e. The first-order valence-corrected chi connectivity index (χ1v) is 9.50. The summed E-state index contributed by atoms with van der Waals surface area (Å²) in [5.74, 6) is 0.550. The van der Waals surface area contributed by atoms with E-state index in [1.165, 1.54) is 16.5 Å². The van der Waals surface area contributed by atoms with Crippen molar-refractivity contribution in [3.63, 3.8) is 0 Å². The van der Waals surface area contributed by atoms with Crippen LogP contribution in [0, 0.1) is 13.8 Å². The van der Waals surface area contributed by atoms with Gasteiger partial charge in [-0.2, -0.15) is 0 Å². The highest BCUT2D eigenvalue weighted by Crippen LogP contribution is 2.37. The molecule has 0 unspecified atom stereocenters. The number of nitrogens with zero attached hydrogens (tertiary/aromatic N) is 2. The van der Waals surface area contributed by atoms with Gasteiger partial charge in [0.05, 0.1) is 25.7 Å². The number of nitrogens with one attached hydrogen (secondary N) is 1. The SMILES string of the molecule is C[NH2+]CCN(C)C(=O)Oc1ccc2[nH]c3c(C)c4ccncc4c(C)c3c2c1. The van der Waals surface area contributed by atoms with Crippen LogP contribution in [-0.2, 0) is 0 Å². The maximum Gasteiger partial charge on any atom is 0.415 e. The summed E-state index contributed by atoms with van der Waals surface area (Å²) >= 11 is 0. The van der Waals surface area contributed by atoms with E-state index in [1.54, 1.807) is 11.9 Å². The lowest BCUT2D eigenvalue weighted by atomic mass is 9.97. The highest BCUT2D eigenvalue weighted by molar-refractivity contribution is 6.16. The van der Waals surface area contributed by atoms with Crippen molar-refractivity contribution in [1.82, 2.24) is 14.9 Å². The molecule has 3 N–H and O–H groups in total. The first kappa shape index (κ1) is 18.3. The number of aromatic amines is 1. The quantitative estimate of drug-likeness (QED) is 0.574. The zero-order valence-electron chi connectivity index (χ0n) is 16.7. The van der Waals surface area contributed by atoms with E-state index in [9.17, 15) is 4.79 Å². The first-order valence-electron chi connectivity index (χ1n) is 9.50. The van der Waals surface area contributed by atoms with Crippen LogP contribution in [0.4, 0.5) is 4.79 Å². The number of pyridine rings is 1. The third-order valence-electron chi connectivity index (χ3n) is 5.42. The molecule has 2 aromatic heterocycles. The Labute approximate surface area is 163 Å². The summed E-state index contributed by atoms with van der Waals surface area (Å²) in [6.07, 6.45) is 3.40. The van der Waals surface area contributed by atoms with Gasteiger partial charge in [0.25, 0.3) is 0 Å². The summed E-state index contributed by atoms with van der Waals surface area (Å²) in [4.78, 5) is 21.8. The van der Waals surface area contributed by atoms with Crippen molar-refractivity contribution in [2.24, 2.45) is 0 Å². The molecule has 0 radical (unpaired) electrons. The van der Waals surface area contributed by atoms with Crippen molar-refractivity contribution < 1.29 is 14.8 Å². The van der Waals surface area contributed by atoms with Crippen molar-refractivity contribution >= 4 is 38.7 Å². The number of likely N-dealkylation sites (N-methyl/N-ethyl adjacent to an activating group) is 2. The Morgan fingerprint density at radius 2 is 2.00 bits per heavy atom. The van der Waals surface area contributed by atoms with E-state index in [2.05, 4.69) is 29.9 Å². The van der Waals surface area contributed by atoms with Gasteiger partial charge in [-0.3, -0.25) is 4.98 Å². The molecule has 6 heteroatoms. The highest BCUT2D eigenvalue weighted by Gasteiger charge is 2.16. The number of carbonyl (C=O) groups is 1. The van der Waals surface area contributed by atoms with E-state index in [-0.39, 0.29) is 6.09 Å². The van der Waals surface area contributed by atoms with E-state index in [1.807, 2.05) is 43.0 Å². The molecule has 0 fully saturated rings. The third-order valence-corrected chi connectivity index (χ3v) is 5.42. The van der Waals surface area contributed by atoms with Gasteiger partial charge < -0.3 is 19.9 Å². The minimum absolute atomic E-state index is 0.344. The third kappa shape index (κ3) is 2.96. The second kappa shape index (κ2) is 7.13. The largest absolute Gasteiger partial charge is 0.415 e. The Morgan fingerprint density at radius 1 is 1.18 bits per heavy atom. The number of hydrogen-bond acceptors (Lipinski definition) is 3. The molecule has 1 amide bonds. The van der Waals surface area contributed by atoms with Crippen molar-refractivity contribution in [1.29, 1.82) is 0 Å². The monoisotopic (exact) mass is 377 g/mol. The van der Waals surface area contributed by atoms with Crippen LogP contribution in [0.3, 0.4) is 0 Å². The Bertz CT molecular complexity index is 1200. The summed E-state index contributed by atoms with van der Waals surface area (Å²) in [6.45, 7) is 5.72. The number of nitrogens with two attached hydrogens (primary N) is 1. The molecule has 4 aromatic rings. The molecule has 0 spiro atoms. The maximum atomic E-state index is 12.3. The Balaban J connectivity index is 1.81. The van der Waals surface area contributed by atoms with E-state index >= 15 is 0 Å². The molecule has 28 heavy (non-hydrogen) atoms. The number of aromatic nitrogens is 2. The topological polar surface area (TPSA) is 74.8 Å². The number of H-pyrrole nitrogens is 1. The molecule has 0 aliphatic rings. The standard InChI is InChI=1S/C22H24N4O2/c1-13-18-12-24-8-7-16(18)14(2)21-20(13)17-11-15(5-6-19(17)25-21)28-22(27)26(4)10-9-23-3/h5-8,11-12,23,25H,9-10H2,1-4H3/p+1. The van der Waals surface area contributed by atoms with Gasteiger partial charge in [-0.05, 0) is 54.6 Å². The molecule has 0 atom stereocenters. The zero-order valence-corrected chi connectivity index (χ0v) is 16.7. The number of fused-ring (bicyclic) bond motifs is 4. The number of aryl methyl sites for hydroxylation is 2. The van der Waals surface area contributed by atoms with Crippen LogP contribution in [0.15, 0.2) is 36.7 Å². The fraction of sp³-hybridized carbons (Fsp3) is 0.273. The molecule has 4 rings (SSSR count). The van der Waals surface area contributed by atoms with Gasteiger partial charge in [0.2, 0.25) is 0 Å². The highest BCUT2D eigenvalue weighted by atomic mass is 16.6. The summed E-state index contributed by atoms with van der Waals surface area (Å²) in [7, 11) is 3.73. The molecule has 0 aliphatic heterocycles. The average molecular weight is 377 g/mol. The van der Waals surface area contributed by atoms with Crippen molar-refractivity contribution in [2.45, 2.75) is 13.8 Å². The number of carbonyl (C=O) groups excluding carboxylic acids is 1. The molecule has 0 aliphatic carbocycles. The van der Waals surface area contributed by atoms with E-state index < -0.39 is 0 Å². The summed E-state index contributed by atoms with van der Waals surface area (Å²) in [6, 6.07) is 7.81. The second-order valence-electron chi connectivity index (χ2n) is 7.24. The van der Waals surface area contributed by atoms with E-state index in [0.717, 1.165) is 33.7 Å². The number of rotatable bonds is 4. The minimum Gasteiger partial charge on any atom is -0.410 e. The van der Waals surface area contributed by atoms with Crippen LogP contribution < -0.4 is 10.1 Å². The Morgan fingerprint density at radius 3 is 2.79 bits per heavy atom. The van der Waals surface area contributed by atoms with Crippen molar-refractivity contribution in [3.8, 4) is 5.75 Å². The lowest BCUT2D eigenvalue weighted by molar-refractivity contribution is -0.626. The summed E-state index contributed by atoms with van der Waals surface area (Å²) in [5.41, 5.74) is 4.51. The molecule has 6 nitrogen and oxygen atoms in total. The fourth-order valence-electron chi connectivity index (χ4n) is 3.79. The lowest BCUT2D eigenvalue weighted by Crippen LogP contribution is -2.81. The van der Waals surface area contributed by atoms with Gasteiger partial charge in [0, 0.05) is 41.1 Å². The molecule has 0 saturated carbocycles. The summed E-state index contributed by atoms with van der Waals surface area (Å²) < 4.78 is 5.60. The van der Waals surface area contributed by atoms with E-state index in [4.69, 9.17) is 4.74 Å². The van der Waals surface area contributed by atoms with Gasteiger partial charge in [-0.15, -0.1) is 0 Å².